The minimum atomic E-state index is -4.16. The molecule has 23 heavy (non-hydrogen) atoms. The first-order valence-electron chi connectivity index (χ1n) is 7.34. The van der Waals surface area contributed by atoms with Gasteiger partial charge in [-0.2, -0.15) is 13.2 Å². The van der Waals surface area contributed by atoms with Crippen molar-refractivity contribution in [3.63, 3.8) is 0 Å². The van der Waals surface area contributed by atoms with E-state index in [0.29, 0.717) is 19.0 Å². The molecule has 0 spiro atoms. The van der Waals surface area contributed by atoms with E-state index in [1.807, 2.05) is 20.8 Å². The second kappa shape index (κ2) is 10.7. The number of hydrogen-bond donors (Lipinski definition) is 2. The van der Waals surface area contributed by atoms with Crippen LogP contribution in [0.15, 0.2) is 9.52 Å². The predicted octanol–water partition coefficient (Wildman–Crippen LogP) is 3.35. The fourth-order valence-electron chi connectivity index (χ4n) is 1.97. The number of hydrogen-bond acceptors (Lipinski definition) is 3. The monoisotopic (exact) mass is 448 g/mol. The summed E-state index contributed by atoms with van der Waals surface area (Å²) in [5.41, 5.74) is 1.95. The average Bonchev–Trinajstić information content (AvgIpc) is 2.73. The van der Waals surface area contributed by atoms with E-state index in [0.717, 1.165) is 29.9 Å². The van der Waals surface area contributed by atoms with Crippen LogP contribution in [0.5, 0.6) is 0 Å². The molecule has 134 valence electrons. The van der Waals surface area contributed by atoms with Crippen LogP contribution in [0.25, 0.3) is 0 Å². The van der Waals surface area contributed by atoms with Crippen molar-refractivity contribution >= 4 is 29.9 Å². The molecule has 0 radical (unpaired) electrons. The highest BCUT2D eigenvalue weighted by atomic mass is 127. The van der Waals surface area contributed by atoms with Gasteiger partial charge in [0.25, 0.3) is 0 Å². The van der Waals surface area contributed by atoms with Crippen molar-refractivity contribution in [2.24, 2.45) is 4.99 Å². The van der Waals surface area contributed by atoms with Gasteiger partial charge in [0.05, 0.1) is 12.1 Å². The Morgan fingerprint density at radius 1 is 1.26 bits per heavy atom. The van der Waals surface area contributed by atoms with Crippen LogP contribution in [0.4, 0.5) is 13.2 Å². The number of aryl methyl sites for hydroxylation is 2. The van der Waals surface area contributed by atoms with Crippen molar-refractivity contribution in [3.8, 4) is 0 Å². The maximum absolute atomic E-state index is 12.1. The van der Waals surface area contributed by atoms with Crippen LogP contribution in [0.2, 0.25) is 0 Å². The highest BCUT2D eigenvalue weighted by molar-refractivity contribution is 14.0. The Morgan fingerprint density at radius 2 is 1.96 bits per heavy atom. The first-order valence-corrected chi connectivity index (χ1v) is 7.34. The second-order valence-corrected chi connectivity index (χ2v) is 4.96. The van der Waals surface area contributed by atoms with Crippen LogP contribution in [0.3, 0.4) is 0 Å². The molecule has 1 aromatic rings. The third kappa shape index (κ3) is 9.01. The summed E-state index contributed by atoms with van der Waals surface area (Å²) in [6.45, 7) is 6.55. The summed E-state index contributed by atoms with van der Waals surface area (Å²) in [7, 11) is 0. The summed E-state index contributed by atoms with van der Waals surface area (Å²) >= 11 is 0. The molecular weight excluding hydrogens is 424 g/mol. The van der Waals surface area contributed by atoms with Gasteiger partial charge in [0, 0.05) is 25.2 Å². The Morgan fingerprint density at radius 3 is 2.48 bits per heavy atom. The molecule has 0 bridgehead atoms. The molecule has 1 rings (SSSR count). The zero-order valence-electron chi connectivity index (χ0n) is 13.6. The number of aliphatic imine (C=N–C) groups is 1. The van der Waals surface area contributed by atoms with Crippen molar-refractivity contribution in [2.75, 3.05) is 19.6 Å². The standard InChI is InChI=1S/C14H23F3N4O.HI/c1-4-18-13(20-9-7-14(15,16)17)19-8-5-6-12-10(2)21-22-11(12)3;/h4-9H2,1-3H3,(H2,18,19,20);1H. The maximum atomic E-state index is 12.1. The number of nitrogens with one attached hydrogen (secondary N) is 2. The molecule has 1 aromatic heterocycles. The number of rotatable bonds is 7. The Kier molecular flexibility index (Phi) is 10.2. The number of aromatic nitrogens is 1. The van der Waals surface area contributed by atoms with Crippen molar-refractivity contribution < 1.29 is 17.7 Å². The lowest BCUT2D eigenvalue weighted by atomic mass is 10.1. The third-order valence-corrected chi connectivity index (χ3v) is 3.08. The lowest BCUT2D eigenvalue weighted by Crippen LogP contribution is -2.39. The third-order valence-electron chi connectivity index (χ3n) is 3.08. The molecule has 0 fully saturated rings. The topological polar surface area (TPSA) is 62.5 Å². The summed E-state index contributed by atoms with van der Waals surface area (Å²) in [5, 5.41) is 9.49. The van der Waals surface area contributed by atoms with Crippen molar-refractivity contribution in [3.05, 3.63) is 17.0 Å². The minimum Gasteiger partial charge on any atom is -0.361 e. The fourth-order valence-corrected chi connectivity index (χ4v) is 1.97. The minimum absolute atomic E-state index is 0. The number of alkyl halides is 3. The summed E-state index contributed by atoms with van der Waals surface area (Å²) in [5.74, 6) is 1.21. The normalized spacial score (nSPS) is 12.0. The Bertz CT molecular complexity index is 469. The Hall–Kier alpha value is -1.00. The van der Waals surface area contributed by atoms with Crippen LogP contribution >= 0.6 is 24.0 Å². The molecule has 0 aliphatic carbocycles. The quantitative estimate of drug-likeness (QED) is 0.291. The number of nitrogens with zero attached hydrogens (tertiary/aromatic N) is 2. The molecule has 9 heteroatoms. The molecule has 1 heterocycles. The van der Waals surface area contributed by atoms with E-state index in [1.54, 1.807) is 0 Å². The lowest BCUT2D eigenvalue weighted by Gasteiger charge is -2.12. The lowest BCUT2D eigenvalue weighted by molar-refractivity contribution is -0.132. The van der Waals surface area contributed by atoms with Crippen LogP contribution in [0.1, 0.15) is 36.8 Å². The first-order chi connectivity index (χ1) is 10.3. The summed E-state index contributed by atoms with van der Waals surface area (Å²) in [6, 6.07) is 0. The van der Waals surface area contributed by atoms with E-state index in [2.05, 4.69) is 20.8 Å². The highest BCUT2D eigenvalue weighted by Gasteiger charge is 2.26. The number of halogens is 4. The molecule has 0 aliphatic heterocycles. The average molecular weight is 448 g/mol. The van der Waals surface area contributed by atoms with Crippen LogP contribution in [-0.4, -0.2) is 36.9 Å². The SMILES string of the molecule is CCNC(=NCCCc1c(C)noc1C)NCCC(F)(F)F.I. The van der Waals surface area contributed by atoms with Gasteiger partial charge in [-0.1, -0.05) is 5.16 Å². The van der Waals surface area contributed by atoms with E-state index < -0.39 is 12.6 Å². The molecule has 0 saturated carbocycles. The largest absolute Gasteiger partial charge is 0.390 e. The van der Waals surface area contributed by atoms with E-state index in [-0.39, 0.29) is 30.5 Å². The van der Waals surface area contributed by atoms with Gasteiger partial charge in [-0.15, -0.1) is 24.0 Å². The van der Waals surface area contributed by atoms with Crippen molar-refractivity contribution in [1.29, 1.82) is 0 Å². The van der Waals surface area contributed by atoms with Gasteiger partial charge < -0.3 is 15.2 Å². The molecule has 2 N–H and O–H groups in total. The summed E-state index contributed by atoms with van der Waals surface area (Å²) < 4.78 is 41.4. The van der Waals surface area contributed by atoms with Gasteiger partial charge >= 0.3 is 6.18 Å². The van der Waals surface area contributed by atoms with Gasteiger partial charge in [0.1, 0.15) is 5.76 Å². The van der Waals surface area contributed by atoms with Gasteiger partial charge in [0.2, 0.25) is 0 Å². The van der Waals surface area contributed by atoms with Gasteiger partial charge in [-0.3, -0.25) is 4.99 Å². The van der Waals surface area contributed by atoms with Gasteiger partial charge in [0.15, 0.2) is 5.96 Å². The first kappa shape index (κ1) is 22.0. The Balaban J connectivity index is 0.00000484. The molecule has 0 saturated heterocycles. The molecule has 0 aliphatic rings. The second-order valence-electron chi connectivity index (χ2n) is 4.96. The van der Waals surface area contributed by atoms with Crippen LogP contribution in [-0.2, 0) is 6.42 Å². The predicted molar refractivity (Wildman–Crippen MR) is 94.4 cm³/mol. The van der Waals surface area contributed by atoms with Gasteiger partial charge in [-0.05, 0) is 33.6 Å². The van der Waals surface area contributed by atoms with Crippen LogP contribution < -0.4 is 10.6 Å². The van der Waals surface area contributed by atoms with Crippen molar-refractivity contribution in [1.82, 2.24) is 15.8 Å². The van der Waals surface area contributed by atoms with E-state index in [4.69, 9.17) is 4.52 Å². The maximum Gasteiger partial charge on any atom is 0.390 e. The highest BCUT2D eigenvalue weighted by Crippen LogP contribution is 2.18. The zero-order valence-corrected chi connectivity index (χ0v) is 15.9. The molecular formula is C14H24F3IN4O. The van der Waals surface area contributed by atoms with E-state index in [9.17, 15) is 13.2 Å². The van der Waals surface area contributed by atoms with E-state index >= 15 is 0 Å². The molecule has 0 atom stereocenters. The summed E-state index contributed by atoms with van der Waals surface area (Å²) in [6.07, 6.45) is -3.48. The molecule has 0 amide bonds. The fraction of sp³-hybridized carbons (Fsp3) is 0.714. The molecule has 0 unspecified atom stereocenters. The van der Waals surface area contributed by atoms with E-state index in [1.165, 1.54) is 0 Å². The smallest absolute Gasteiger partial charge is 0.361 e. The molecule has 0 aromatic carbocycles. The Labute approximate surface area is 151 Å². The summed E-state index contributed by atoms with van der Waals surface area (Å²) in [4.78, 5) is 4.27. The van der Waals surface area contributed by atoms with Gasteiger partial charge in [-0.25, -0.2) is 0 Å². The zero-order chi connectivity index (χ0) is 16.6. The number of guanidine groups is 1. The van der Waals surface area contributed by atoms with Crippen LogP contribution in [0, 0.1) is 13.8 Å². The van der Waals surface area contributed by atoms with Crippen molar-refractivity contribution in [2.45, 2.75) is 46.2 Å². The molecule has 5 nitrogen and oxygen atoms in total.